The van der Waals surface area contributed by atoms with Crippen LogP contribution in [0.25, 0.3) is 10.2 Å². The first-order valence-electron chi connectivity index (χ1n) is 12.5. The first-order valence-corrected chi connectivity index (χ1v) is 13.3. The molecule has 1 saturated heterocycles. The number of piperidine rings is 1. The lowest BCUT2D eigenvalue weighted by molar-refractivity contribution is 0.0935. The quantitative estimate of drug-likeness (QED) is 0.457. The van der Waals surface area contributed by atoms with E-state index in [1.165, 1.54) is 30.6 Å². The predicted molar refractivity (Wildman–Crippen MR) is 138 cm³/mol. The van der Waals surface area contributed by atoms with Gasteiger partial charge in [-0.25, -0.2) is 9.78 Å². The number of hydrogen-bond acceptors (Lipinski definition) is 6. The molecular weight excluding hydrogens is 462 g/mol. The Morgan fingerprint density at radius 3 is 2.86 bits per heavy atom. The Bertz CT molecular complexity index is 1260. The van der Waals surface area contributed by atoms with Gasteiger partial charge in [0.25, 0.3) is 5.91 Å². The molecule has 2 aromatic heterocycles. The standard InChI is InChI=1S/C26H29N5O3S/c32-24(29-16-6-5-12-27-15-16)23-22-21-20(11-13-28-25(21)35-23)31(26(33)30-22)17-7-4-10-19(14-17)34-18-8-2-1-3-9-18/h4,7,10-11,13-14,16,18,27H,1-3,5-6,8-9,12,15H2,(H,29,32)(H,30,33). The Morgan fingerprint density at radius 2 is 2.03 bits per heavy atom. The fraction of sp³-hybridized carbons (Fsp3) is 0.423. The van der Waals surface area contributed by atoms with Crippen LogP contribution in [0.1, 0.15) is 54.6 Å². The summed E-state index contributed by atoms with van der Waals surface area (Å²) in [6.45, 7) is 1.74. The molecule has 9 heteroatoms. The molecule has 2 aliphatic heterocycles. The van der Waals surface area contributed by atoms with Crippen LogP contribution in [0.15, 0.2) is 36.5 Å². The molecule has 0 bridgehead atoms. The van der Waals surface area contributed by atoms with Gasteiger partial charge in [0.2, 0.25) is 0 Å². The molecule has 0 spiro atoms. The van der Waals surface area contributed by atoms with E-state index in [4.69, 9.17) is 4.74 Å². The van der Waals surface area contributed by atoms with Crippen LogP contribution in [0, 0.1) is 0 Å². The minimum atomic E-state index is -0.299. The van der Waals surface area contributed by atoms with Gasteiger partial charge in [-0.15, -0.1) is 11.3 Å². The monoisotopic (exact) mass is 491 g/mol. The number of nitrogens with one attached hydrogen (secondary N) is 3. The third kappa shape index (κ3) is 4.34. The number of anilines is 3. The zero-order chi connectivity index (χ0) is 23.8. The summed E-state index contributed by atoms with van der Waals surface area (Å²) >= 11 is 1.32. The number of carbonyl (C=O) groups is 2. The summed E-state index contributed by atoms with van der Waals surface area (Å²) < 4.78 is 6.25. The maximum atomic E-state index is 13.4. The first-order chi connectivity index (χ1) is 17.2. The Hall–Kier alpha value is -3.17. The molecule has 3 N–H and O–H groups in total. The van der Waals surface area contributed by atoms with Crippen molar-refractivity contribution in [1.29, 1.82) is 0 Å². The lowest BCUT2D eigenvalue weighted by atomic mass is 9.98. The summed E-state index contributed by atoms with van der Waals surface area (Å²) in [5.74, 6) is 0.601. The molecule has 2 fully saturated rings. The number of benzene rings is 1. The molecule has 3 aliphatic rings. The molecular formula is C26H29N5O3S. The van der Waals surface area contributed by atoms with Crippen LogP contribution >= 0.6 is 11.3 Å². The second-order valence-electron chi connectivity index (χ2n) is 9.47. The topological polar surface area (TPSA) is 95.6 Å². The number of hydrogen-bond donors (Lipinski definition) is 3. The number of urea groups is 1. The average Bonchev–Trinajstić information content (AvgIpc) is 3.25. The molecule has 1 aliphatic carbocycles. The number of aromatic nitrogens is 1. The Morgan fingerprint density at radius 1 is 1.14 bits per heavy atom. The largest absolute Gasteiger partial charge is 0.490 e. The van der Waals surface area contributed by atoms with E-state index in [9.17, 15) is 9.59 Å². The fourth-order valence-electron chi connectivity index (χ4n) is 5.30. The Balaban J connectivity index is 1.32. The predicted octanol–water partition coefficient (Wildman–Crippen LogP) is 5.17. The van der Waals surface area contributed by atoms with Crippen molar-refractivity contribution in [2.45, 2.75) is 57.1 Å². The van der Waals surface area contributed by atoms with Gasteiger partial charge in [-0.2, -0.15) is 0 Å². The van der Waals surface area contributed by atoms with Crippen molar-refractivity contribution in [3.63, 3.8) is 0 Å². The highest BCUT2D eigenvalue weighted by molar-refractivity contribution is 7.21. The Labute approximate surface area is 208 Å². The molecule has 0 radical (unpaired) electrons. The minimum absolute atomic E-state index is 0.0868. The molecule has 3 aromatic rings. The highest BCUT2D eigenvalue weighted by atomic mass is 32.1. The van der Waals surface area contributed by atoms with E-state index >= 15 is 0 Å². The smallest absolute Gasteiger partial charge is 0.331 e. The van der Waals surface area contributed by atoms with Gasteiger partial charge in [0.05, 0.1) is 28.6 Å². The number of ether oxygens (including phenoxy) is 1. The summed E-state index contributed by atoms with van der Waals surface area (Å²) in [7, 11) is 0. The van der Waals surface area contributed by atoms with Crippen LogP contribution in [0.5, 0.6) is 5.75 Å². The van der Waals surface area contributed by atoms with E-state index in [0.29, 0.717) is 10.6 Å². The third-order valence-corrected chi connectivity index (χ3v) is 8.11. The molecule has 6 rings (SSSR count). The number of pyridine rings is 1. The number of carbonyl (C=O) groups excluding carboxylic acids is 2. The highest BCUT2D eigenvalue weighted by Gasteiger charge is 2.33. The molecule has 35 heavy (non-hydrogen) atoms. The Kier molecular flexibility index (Phi) is 6.03. The van der Waals surface area contributed by atoms with Gasteiger partial charge in [-0.1, -0.05) is 12.5 Å². The lowest BCUT2D eigenvalue weighted by Gasteiger charge is -2.29. The third-order valence-electron chi connectivity index (χ3n) is 7.02. The van der Waals surface area contributed by atoms with Gasteiger partial charge >= 0.3 is 6.03 Å². The van der Waals surface area contributed by atoms with Gasteiger partial charge in [-0.05, 0) is 63.3 Å². The van der Waals surface area contributed by atoms with E-state index in [0.717, 1.165) is 66.1 Å². The van der Waals surface area contributed by atoms with E-state index < -0.39 is 0 Å². The zero-order valence-corrected chi connectivity index (χ0v) is 20.3. The van der Waals surface area contributed by atoms with E-state index in [-0.39, 0.29) is 24.1 Å². The molecule has 1 atom stereocenters. The van der Waals surface area contributed by atoms with Crippen LogP contribution < -0.4 is 25.6 Å². The second-order valence-corrected chi connectivity index (χ2v) is 10.5. The van der Waals surface area contributed by atoms with Crippen molar-refractivity contribution in [1.82, 2.24) is 15.6 Å². The SMILES string of the molecule is O=C(NC1CCCNC1)c1sc2nccc3c2c1NC(=O)N3c1cccc(OC2CCCCC2)c1. The molecule has 182 valence electrons. The van der Waals surface area contributed by atoms with Crippen LogP contribution in [-0.4, -0.2) is 42.2 Å². The second kappa shape index (κ2) is 9.47. The summed E-state index contributed by atoms with van der Waals surface area (Å²) in [5, 5.41) is 10.2. The number of rotatable bonds is 5. The van der Waals surface area contributed by atoms with Gasteiger partial charge in [-0.3, -0.25) is 9.69 Å². The van der Waals surface area contributed by atoms with Gasteiger partial charge in [0.1, 0.15) is 15.5 Å². The molecule has 8 nitrogen and oxygen atoms in total. The maximum absolute atomic E-state index is 13.4. The van der Waals surface area contributed by atoms with Crippen LogP contribution in [0.2, 0.25) is 0 Å². The van der Waals surface area contributed by atoms with Gasteiger partial charge < -0.3 is 20.7 Å². The summed E-state index contributed by atoms with van der Waals surface area (Å²) in [6, 6.07) is 9.30. The van der Waals surface area contributed by atoms with Crippen LogP contribution in [0.4, 0.5) is 21.9 Å². The van der Waals surface area contributed by atoms with Gasteiger partial charge in [0.15, 0.2) is 0 Å². The van der Waals surface area contributed by atoms with Crippen molar-refractivity contribution < 1.29 is 14.3 Å². The molecule has 1 aromatic carbocycles. The number of amides is 3. The van der Waals surface area contributed by atoms with Crippen molar-refractivity contribution in [3.8, 4) is 5.75 Å². The first kappa shape index (κ1) is 22.3. The summed E-state index contributed by atoms with van der Waals surface area (Å²) in [5.41, 5.74) is 1.99. The minimum Gasteiger partial charge on any atom is -0.490 e. The average molecular weight is 492 g/mol. The molecule has 1 saturated carbocycles. The van der Waals surface area contributed by atoms with Crippen LogP contribution in [0.3, 0.4) is 0 Å². The van der Waals surface area contributed by atoms with E-state index in [1.54, 1.807) is 11.1 Å². The van der Waals surface area contributed by atoms with Crippen molar-refractivity contribution in [3.05, 3.63) is 41.4 Å². The van der Waals surface area contributed by atoms with Crippen molar-refractivity contribution >= 4 is 50.6 Å². The summed E-state index contributed by atoms with van der Waals surface area (Å²) in [6.07, 6.45) is 9.70. The van der Waals surface area contributed by atoms with Crippen LogP contribution in [-0.2, 0) is 0 Å². The van der Waals surface area contributed by atoms with Gasteiger partial charge in [0, 0.05) is 24.8 Å². The lowest BCUT2D eigenvalue weighted by Crippen LogP contribution is -2.45. The highest BCUT2D eigenvalue weighted by Crippen LogP contribution is 2.46. The summed E-state index contributed by atoms with van der Waals surface area (Å²) in [4.78, 5) is 33.9. The molecule has 3 amide bonds. The molecule has 1 unspecified atom stereocenters. The fourth-order valence-corrected chi connectivity index (χ4v) is 6.32. The molecule has 4 heterocycles. The van der Waals surface area contributed by atoms with Crippen molar-refractivity contribution in [2.24, 2.45) is 0 Å². The normalized spacial score (nSPS) is 20.5. The van der Waals surface area contributed by atoms with E-state index in [1.807, 2.05) is 30.3 Å². The number of thiophene rings is 1. The number of nitrogens with zero attached hydrogens (tertiary/aromatic N) is 2. The maximum Gasteiger partial charge on any atom is 0.331 e. The zero-order valence-electron chi connectivity index (χ0n) is 19.5. The van der Waals surface area contributed by atoms with E-state index in [2.05, 4.69) is 20.9 Å². The van der Waals surface area contributed by atoms with Crippen molar-refractivity contribution in [2.75, 3.05) is 23.3 Å².